The normalized spacial score (nSPS) is 10.3. The lowest BCUT2D eigenvalue weighted by atomic mass is 10.1. The molecule has 3 rings (SSSR count). The summed E-state index contributed by atoms with van der Waals surface area (Å²) in [7, 11) is 0. The number of aromatic nitrogens is 4. The Morgan fingerprint density at radius 3 is 2.42 bits per heavy atom. The highest BCUT2D eigenvalue weighted by molar-refractivity contribution is 5.73. The molecule has 5 nitrogen and oxygen atoms in total. The minimum absolute atomic E-state index is 0.432. The van der Waals surface area contributed by atoms with Crippen LogP contribution in [-0.2, 0) is 0 Å². The molecule has 0 radical (unpaired) electrons. The van der Waals surface area contributed by atoms with Crippen LogP contribution >= 0.6 is 0 Å². The molecule has 5 heteroatoms. The first-order valence-corrected chi connectivity index (χ1v) is 5.79. The summed E-state index contributed by atoms with van der Waals surface area (Å²) in [5, 5.41) is 0. The van der Waals surface area contributed by atoms with Crippen molar-refractivity contribution in [1.29, 1.82) is 0 Å². The van der Waals surface area contributed by atoms with Crippen molar-refractivity contribution in [3.63, 3.8) is 0 Å². The van der Waals surface area contributed by atoms with Crippen LogP contribution in [0.3, 0.4) is 0 Å². The molecule has 0 aliphatic heterocycles. The van der Waals surface area contributed by atoms with Crippen molar-refractivity contribution in [3.05, 3.63) is 55.1 Å². The fourth-order valence-electron chi connectivity index (χ4n) is 1.77. The number of hydrogen-bond acceptors (Lipinski definition) is 5. The lowest BCUT2D eigenvalue weighted by Crippen LogP contribution is -1.99. The van der Waals surface area contributed by atoms with Gasteiger partial charge in [-0.15, -0.1) is 0 Å². The van der Waals surface area contributed by atoms with Gasteiger partial charge in [-0.1, -0.05) is 6.07 Å². The largest absolute Gasteiger partial charge is 0.383 e. The fraction of sp³-hybridized carbons (Fsp3) is 0. The van der Waals surface area contributed by atoms with E-state index in [-0.39, 0.29) is 0 Å². The molecule has 19 heavy (non-hydrogen) atoms. The Balaban J connectivity index is 2.04. The molecule has 0 saturated heterocycles. The maximum absolute atomic E-state index is 5.99. The lowest BCUT2D eigenvalue weighted by molar-refractivity contribution is 1.15. The van der Waals surface area contributed by atoms with Gasteiger partial charge in [0.05, 0.1) is 0 Å². The molecule has 0 amide bonds. The average molecular weight is 249 g/mol. The third-order valence-corrected chi connectivity index (χ3v) is 2.70. The zero-order chi connectivity index (χ0) is 13.1. The van der Waals surface area contributed by atoms with Gasteiger partial charge >= 0.3 is 0 Å². The third kappa shape index (κ3) is 2.26. The SMILES string of the molecule is Nc1nc(-c2ccccn2)ncc1-c1ccncc1. The Morgan fingerprint density at radius 2 is 1.74 bits per heavy atom. The van der Waals surface area contributed by atoms with Gasteiger partial charge in [0, 0.05) is 30.4 Å². The molecule has 0 bridgehead atoms. The predicted molar refractivity (Wildman–Crippen MR) is 72.9 cm³/mol. The molecule has 3 aromatic heterocycles. The standard InChI is InChI=1S/C14H11N5/c15-13-11(10-4-7-16-8-5-10)9-18-14(19-13)12-3-1-2-6-17-12/h1-9H,(H2,15,18,19). The number of hydrogen-bond donors (Lipinski definition) is 1. The van der Waals surface area contributed by atoms with Crippen LogP contribution in [0.1, 0.15) is 0 Å². The Hall–Kier alpha value is -2.82. The maximum Gasteiger partial charge on any atom is 0.180 e. The Bertz CT molecular complexity index is 683. The van der Waals surface area contributed by atoms with Gasteiger partial charge in [-0.25, -0.2) is 9.97 Å². The van der Waals surface area contributed by atoms with Gasteiger partial charge in [0.2, 0.25) is 0 Å². The van der Waals surface area contributed by atoms with Crippen LogP contribution in [-0.4, -0.2) is 19.9 Å². The van der Waals surface area contributed by atoms with Crippen molar-refractivity contribution in [2.45, 2.75) is 0 Å². The lowest BCUT2D eigenvalue weighted by Gasteiger charge is -2.06. The summed E-state index contributed by atoms with van der Waals surface area (Å²) >= 11 is 0. The Labute approximate surface area is 110 Å². The zero-order valence-electron chi connectivity index (χ0n) is 10.1. The molecule has 92 valence electrons. The second kappa shape index (κ2) is 4.81. The van der Waals surface area contributed by atoms with Crippen LogP contribution in [0.15, 0.2) is 55.1 Å². The number of pyridine rings is 2. The van der Waals surface area contributed by atoms with Crippen molar-refractivity contribution in [3.8, 4) is 22.6 Å². The zero-order valence-corrected chi connectivity index (χ0v) is 10.1. The number of nitrogens with two attached hydrogens (primary N) is 1. The molecule has 0 atom stereocenters. The third-order valence-electron chi connectivity index (χ3n) is 2.70. The fourth-order valence-corrected chi connectivity index (χ4v) is 1.77. The van der Waals surface area contributed by atoms with Crippen molar-refractivity contribution in [2.24, 2.45) is 0 Å². The van der Waals surface area contributed by atoms with Gasteiger partial charge in [-0.3, -0.25) is 9.97 Å². The van der Waals surface area contributed by atoms with E-state index in [0.717, 1.165) is 11.1 Å². The summed E-state index contributed by atoms with van der Waals surface area (Å²) in [5.41, 5.74) is 8.43. The van der Waals surface area contributed by atoms with Gasteiger partial charge in [0.25, 0.3) is 0 Å². The first kappa shape index (κ1) is 11.3. The molecule has 0 aliphatic rings. The van der Waals surface area contributed by atoms with Crippen LogP contribution in [0.5, 0.6) is 0 Å². The van der Waals surface area contributed by atoms with Gasteiger partial charge in [-0.2, -0.15) is 0 Å². The Morgan fingerprint density at radius 1 is 0.895 bits per heavy atom. The first-order valence-electron chi connectivity index (χ1n) is 5.79. The molecule has 0 saturated carbocycles. The van der Waals surface area contributed by atoms with E-state index < -0.39 is 0 Å². The second-order valence-corrected chi connectivity index (χ2v) is 3.94. The summed E-state index contributed by atoms with van der Waals surface area (Å²) in [6.07, 6.45) is 6.83. The molecule has 0 aromatic carbocycles. The van der Waals surface area contributed by atoms with E-state index in [0.29, 0.717) is 17.3 Å². The van der Waals surface area contributed by atoms with Gasteiger partial charge in [0.15, 0.2) is 5.82 Å². The van der Waals surface area contributed by atoms with Crippen LogP contribution in [0.25, 0.3) is 22.6 Å². The molecule has 0 aliphatic carbocycles. The first-order chi connectivity index (χ1) is 9.34. The van der Waals surface area contributed by atoms with E-state index in [2.05, 4.69) is 19.9 Å². The van der Waals surface area contributed by atoms with Gasteiger partial charge in [0.1, 0.15) is 11.5 Å². The van der Waals surface area contributed by atoms with E-state index in [4.69, 9.17) is 5.73 Å². The summed E-state index contributed by atoms with van der Waals surface area (Å²) in [5.74, 6) is 0.956. The molecule has 0 unspecified atom stereocenters. The molecular formula is C14H11N5. The molecule has 3 aromatic rings. The van der Waals surface area contributed by atoms with Crippen molar-refractivity contribution >= 4 is 5.82 Å². The van der Waals surface area contributed by atoms with Crippen LogP contribution in [0.2, 0.25) is 0 Å². The van der Waals surface area contributed by atoms with E-state index in [9.17, 15) is 0 Å². The van der Waals surface area contributed by atoms with E-state index >= 15 is 0 Å². The average Bonchev–Trinajstić information content (AvgIpc) is 2.49. The minimum atomic E-state index is 0.432. The molecule has 2 N–H and O–H groups in total. The molecule has 0 spiro atoms. The van der Waals surface area contributed by atoms with Crippen molar-refractivity contribution < 1.29 is 0 Å². The highest BCUT2D eigenvalue weighted by Crippen LogP contribution is 2.24. The van der Waals surface area contributed by atoms with Crippen molar-refractivity contribution in [1.82, 2.24) is 19.9 Å². The second-order valence-electron chi connectivity index (χ2n) is 3.94. The quantitative estimate of drug-likeness (QED) is 0.753. The highest BCUT2D eigenvalue weighted by Gasteiger charge is 2.08. The highest BCUT2D eigenvalue weighted by atomic mass is 15.0. The molecule has 0 fully saturated rings. The summed E-state index contributed by atoms with van der Waals surface area (Å²) in [6.45, 7) is 0. The topological polar surface area (TPSA) is 77.6 Å². The predicted octanol–water partition coefficient (Wildman–Crippen LogP) is 2.18. The minimum Gasteiger partial charge on any atom is -0.383 e. The number of anilines is 1. The number of rotatable bonds is 2. The number of nitrogens with zero attached hydrogens (tertiary/aromatic N) is 4. The van der Waals surface area contributed by atoms with Crippen LogP contribution in [0, 0.1) is 0 Å². The van der Waals surface area contributed by atoms with E-state index in [1.165, 1.54) is 0 Å². The van der Waals surface area contributed by atoms with Gasteiger partial charge in [-0.05, 0) is 29.8 Å². The van der Waals surface area contributed by atoms with E-state index in [1.54, 1.807) is 24.8 Å². The maximum atomic E-state index is 5.99. The smallest absolute Gasteiger partial charge is 0.180 e. The number of nitrogen functional groups attached to an aromatic ring is 1. The summed E-state index contributed by atoms with van der Waals surface area (Å²) < 4.78 is 0. The molecule has 3 heterocycles. The summed E-state index contributed by atoms with van der Waals surface area (Å²) in [6, 6.07) is 9.32. The van der Waals surface area contributed by atoms with Gasteiger partial charge < -0.3 is 5.73 Å². The monoisotopic (exact) mass is 249 g/mol. The summed E-state index contributed by atoms with van der Waals surface area (Å²) in [4.78, 5) is 16.8. The molecular weight excluding hydrogens is 238 g/mol. The van der Waals surface area contributed by atoms with Crippen molar-refractivity contribution in [2.75, 3.05) is 5.73 Å². The van der Waals surface area contributed by atoms with Crippen LogP contribution < -0.4 is 5.73 Å². The Kier molecular flexibility index (Phi) is 2.86. The van der Waals surface area contributed by atoms with Crippen LogP contribution in [0.4, 0.5) is 5.82 Å². The van der Waals surface area contributed by atoms with E-state index in [1.807, 2.05) is 30.3 Å².